The smallest absolute Gasteiger partial charge is 0.160 e. The number of aldehydes is 1. The first-order chi connectivity index (χ1) is 6.76. The van der Waals surface area contributed by atoms with Crippen LogP contribution in [0, 0.1) is 0 Å². The number of thiophene rings is 1. The quantitative estimate of drug-likeness (QED) is 0.607. The molecule has 0 aliphatic carbocycles. The molecule has 14 heavy (non-hydrogen) atoms. The third-order valence-corrected chi connectivity index (χ3v) is 3.57. The van der Waals surface area contributed by atoms with Crippen LogP contribution in [0.25, 0.3) is 10.1 Å². The van der Waals surface area contributed by atoms with Gasteiger partial charge in [-0.1, -0.05) is 6.07 Å². The van der Waals surface area contributed by atoms with Gasteiger partial charge in [-0.05, 0) is 17.7 Å². The normalized spacial score (nSPS) is 10.7. The molecule has 0 atom stereocenters. The van der Waals surface area contributed by atoms with Gasteiger partial charge in [0.25, 0.3) is 0 Å². The molecule has 0 amide bonds. The minimum absolute atomic E-state index is 0.0105. The summed E-state index contributed by atoms with van der Waals surface area (Å²) in [6.07, 6.45) is 0.818. The first-order valence-electron chi connectivity index (χ1n) is 4.06. The van der Waals surface area contributed by atoms with Crippen molar-refractivity contribution in [2.45, 2.75) is 11.5 Å². The molecule has 1 heterocycles. The van der Waals surface area contributed by atoms with Crippen LogP contribution in [0.1, 0.15) is 15.2 Å². The van der Waals surface area contributed by atoms with Gasteiger partial charge >= 0.3 is 0 Å². The summed E-state index contributed by atoms with van der Waals surface area (Å²) < 4.78 is 0.946. The van der Waals surface area contributed by atoms with E-state index in [2.05, 4.69) is 12.6 Å². The van der Waals surface area contributed by atoms with Crippen LogP contribution < -0.4 is 0 Å². The number of carbonyl (C=O) groups excluding carboxylic acids is 1. The Hall–Kier alpha value is -0.840. The Morgan fingerprint density at radius 3 is 2.93 bits per heavy atom. The number of rotatable bonds is 2. The molecule has 0 bridgehead atoms. The molecule has 0 radical (unpaired) electrons. The number of hydrogen-bond donors (Lipinski definition) is 2. The monoisotopic (exact) mass is 224 g/mol. The minimum Gasteiger partial charge on any atom is -0.392 e. The molecule has 0 saturated carbocycles. The molecule has 0 spiro atoms. The summed E-state index contributed by atoms with van der Waals surface area (Å²) in [5.41, 5.74) is 0.843. The van der Waals surface area contributed by atoms with Crippen LogP contribution in [-0.4, -0.2) is 11.4 Å². The summed E-state index contributed by atoms with van der Waals surface area (Å²) >= 11 is 5.68. The van der Waals surface area contributed by atoms with E-state index < -0.39 is 0 Å². The minimum atomic E-state index is -0.0105. The Labute approximate surface area is 90.6 Å². The van der Waals surface area contributed by atoms with Crippen LogP contribution >= 0.6 is 24.0 Å². The fraction of sp³-hybridized carbons (Fsp3) is 0.100. The number of benzene rings is 1. The molecule has 4 heteroatoms. The third kappa shape index (κ3) is 1.45. The lowest BCUT2D eigenvalue weighted by atomic mass is 10.2. The van der Waals surface area contributed by atoms with Gasteiger partial charge in [0.05, 0.1) is 11.5 Å². The van der Waals surface area contributed by atoms with E-state index in [-0.39, 0.29) is 6.61 Å². The van der Waals surface area contributed by atoms with Crippen molar-refractivity contribution in [1.82, 2.24) is 0 Å². The van der Waals surface area contributed by atoms with Crippen molar-refractivity contribution in [1.29, 1.82) is 0 Å². The Morgan fingerprint density at radius 2 is 2.29 bits per heavy atom. The molecule has 0 fully saturated rings. The maximum absolute atomic E-state index is 10.6. The first kappa shape index (κ1) is 9.71. The van der Waals surface area contributed by atoms with Gasteiger partial charge in [-0.3, -0.25) is 4.79 Å². The van der Waals surface area contributed by atoms with Gasteiger partial charge in [0.15, 0.2) is 6.29 Å². The van der Waals surface area contributed by atoms with Gasteiger partial charge in [-0.2, -0.15) is 0 Å². The zero-order chi connectivity index (χ0) is 10.1. The van der Waals surface area contributed by atoms with Crippen LogP contribution in [-0.2, 0) is 6.61 Å². The van der Waals surface area contributed by atoms with Gasteiger partial charge in [-0.25, -0.2) is 0 Å². The lowest BCUT2D eigenvalue weighted by Gasteiger charge is -1.99. The van der Waals surface area contributed by atoms with E-state index in [9.17, 15) is 4.79 Å². The summed E-state index contributed by atoms with van der Waals surface area (Å²) in [6.45, 7) is -0.0105. The number of thiol groups is 1. The lowest BCUT2D eigenvalue weighted by molar-refractivity contribution is 0.112. The molecule has 1 N–H and O–H groups in total. The van der Waals surface area contributed by atoms with Crippen molar-refractivity contribution >= 4 is 40.3 Å². The Balaban J connectivity index is 2.81. The second-order valence-electron chi connectivity index (χ2n) is 2.91. The van der Waals surface area contributed by atoms with E-state index in [0.29, 0.717) is 4.88 Å². The van der Waals surface area contributed by atoms with Gasteiger partial charge in [0.1, 0.15) is 0 Å². The van der Waals surface area contributed by atoms with E-state index in [1.54, 1.807) is 6.07 Å². The fourth-order valence-corrected chi connectivity index (χ4v) is 2.70. The van der Waals surface area contributed by atoms with Crippen molar-refractivity contribution < 1.29 is 9.90 Å². The molecule has 2 aromatic rings. The van der Waals surface area contributed by atoms with E-state index in [1.807, 2.05) is 12.1 Å². The highest BCUT2D eigenvalue weighted by Crippen LogP contribution is 2.32. The Morgan fingerprint density at radius 1 is 1.50 bits per heavy atom. The van der Waals surface area contributed by atoms with Crippen molar-refractivity contribution in [2.24, 2.45) is 0 Å². The highest BCUT2D eigenvalue weighted by Gasteiger charge is 2.07. The second-order valence-corrected chi connectivity index (χ2v) is 4.48. The van der Waals surface area contributed by atoms with Gasteiger partial charge < -0.3 is 5.11 Å². The number of aliphatic hydroxyl groups excluding tert-OH is 1. The maximum Gasteiger partial charge on any atom is 0.160 e. The molecule has 0 unspecified atom stereocenters. The summed E-state index contributed by atoms with van der Waals surface area (Å²) in [6, 6.07) is 5.46. The van der Waals surface area contributed by atoms with E-state index >= 15 is 0 Å². The standard InChI is InChI=1S/C10H8O2S2/c11-4-6-1-2-9(13)8-3-7(5-12)14-10(6)8/h1-3,5,11,13H,4H2. The molecule has 1 aromatic carbocycles. The lowest BCUT2D eigenvalue weighted by Crippen LogP contribution is -1.82. The SMILES string of the molecule is O=Cc1cc2c(S)ccc(CO)c2s1. The highest BCUT2D eigenvalue weighted by atomic mass is 32.1. The number of hydrogen-bond acceptors (Lipinski definition) is 4. The van der Waals surface area contributed by atoms with Crippen molar-refractivity contribution in [2.75, 3.05) is 0 Å². The van der Waals surface area contributed by atoms with E-state index in [1.165, 1.54) is 11.3 Å². The second kappa shape index (κ2) is 3.73. The largest absolute Gasteiger partial charge is 0.392 e. The van der Waals surface area contributed by atoms with Crippen molar-refractivity contribution in [3.05, 3.63) is 28.6 Å². The first-order valence-corrected chi connectivity index (χ1v) is 5.33. The summed E-state index contributed by atoms with van der Waals surface area (Å²) in [5.74, 6) is 0. The predicted octanol–water partition coefficient (Wildman–Crippen LogP) is 2.49. The molecule has 72 valence electrons. The molecule has 1 aromatic heterocycles. The third-order valence-electron chi connectivity index (χ3n) is 2.05. The zero-order valence-electron chi connectivity index (χ0n) is 7.23. The van der Waals surface area contributed by atoms with Crippen LogP contribution in [0.15, 0.2) is 23.1 Å². The predicted molar refractivity (Wildman–Crippen MR) is 60.4 cm³/mol. The van der Waals surface area contributed by atoms with Gasteiger partial charge in [0, 0.05) is 15.0 Å². The summed E-state index contributed by atoms with van der Waals surface area (Å²) in [7, 11) is 0. The highest BCUT2D eigenvalue weighted by molar-refractivity contribution is 7.80. The van der Waals surface area contributed by atoms with Crippen LogP contribution in [0.3, 0.4) is 0 Å². The molecular formula is C10H8O2S2. The van der Waals surface area contributed by atoms with E-state index in [4.69, 9.17) is 5.11 Å². The van der Waals surface area contributed by atoms with Crippen LogP contribution in [0.4, 0.5) is 0 Å². The fourth-order valence-electron chi connectivity index (χ4n) is 1.37. The molecular weight excluding hydrogens is 216 g/mol. The molecule has 2 nitrogen and oxygen atoms in total. The van der Waals surface area contributed by atoms with Gasteiger partial charge in [0.2, 0.25) is 0 Å². The topological polar surface area (TPSA) is 37.3 Å². The summed E-state index contributed by atoms with van der Waals surface area (Å²) in [5, 5.41) is 10.0. The van der Waals surface area contributed by atoms with Crippen LogP contribution in [0.5, 0.6) is 0 Å². The van der Waals surface area contributed by atoms with Crippen molar-refractivity contribution in [3.8, 4) is 0 Å². The number of aliphatic hydroxyl groups is 1. The zero-order valence-corrected chi connectivity index (χ0v) is 8.94. The van der Waals surface area contributed by atoms with Crippen LogP contribution in [0.2, 0.25) is 0 Å². The average Bonchev–Trinajstić information content (AvgIpc) is 2.63. The van der Waals surface area contributed by atoms with E-state index in [0.717, 1.165) is 26.8 Å². The Kier molecular flexibility index (Phi) is 2.58. The van der Waals surface area contributed by atoms with Gasteiger partial charge in [-0.15, -0.1) is 24.0 Å². The molecule has 2 rings (SSSR count). The Bertz CT molecular complexity index is 488. The summed E-state index contributed by atoms with van der Waals surface area (Å²) in [4.78, 5) is 12.1. The maximum atomic E-state index is 10.6. The molecule has 0 saturated heterocycles. The number of carbonyl (C=O) groups is 1. The van der Waals surface area contributed by atoms with Crippen molar-refractivity contribution in [3.63, 3.8) is 0 Å². The molecule has 0 aliphatic heterocycles. The number of fused-ring (bicyclic) bond motifs is 1. The molecule has 0 aliphatic rings. The average molecular weight is 224 g/mol.